The second-order valence-electron chi connectivity index (χ2n) is 7.19. The van der Waals surface area contributed by atoms with E-state index in [1.807, 2.05) is 0 Å². The van der Waals surface area contributed by atoms with Crippen LogP contribution in [-0.2, 0) is 26.1 Å². The summed E-state index contributed by atoms with van der Waals surface area (Å²) >= 11 is 0. The Kier molecular flexibility index (Phi) is 6.02. The Morgan fingerprint density at radius 2 is 2.15 bits per heavy atom. The molecule has 1 N–H and O–H groups in total. The number of morpholine rings is 1. The van der Waals surface area contributed by atoms with Crippen LogP contribution < -0.4 is 9.62 Å². The molecule has 0 spiro atoms. The third-order valence-electron chi connectivity index (χ3n) is 4.97. The first-order chi connectivity index (χ1) is 12.8. The van der Waals surface area contributed by atoms with Crippen LogP contribution in [0.2, 0.25) is 0 Å². The van der Waals surface area contributed by atoms with Gasteiger partial charge >= 0.3 is 0 Å². The number of carbonyl (C=O) groups is 1. The normalized spacial score (nSPS) is 23.0. The molecule has 2 saturated heterocycles. The maximum Gasteiger partial charge on any atom is 0.250 e. The van der Waals surface area contributed by atoms with Crippen LogP contribution in [0, 0.1) is 5.82 Å². The molecule has 1 unspecified atom stereocenters. The first-order valence-corrected chi connectivity index (χ1v) is 10.8. The number of hydrogen-bond acceptors (Lipinski definition) is 5. The van der Waals surface area contributed by atoms with Crippen molar-refractivity contribution in [2.24, 2.45) is 0 Å². The Hall–Kier alpha value is -1.71. The highest BCUT2D eigenvalue weighted by atomic mass is 32.2. The number of anilines is 1. The summed E-state index contributed by atoms with van der Waals surface area (Å²) in [5.41, 5.74) is 0.628. The summed E-state index contributed by atoms with van der Waals surface area (Å²) < 4.78 is 45.0. The number of benzene rings is 1. The zero-order valence-corrected chi connectivity index (χ0v) is 16.5. The smallest absolute Gasteiger partial charge is 0.250 e. The molecule has 1 aromatic rings. The molecule has 2 fully saturated rings. The monoisotopic (exact) mass is 399 g/mol. The van der Waals surface area contributed by atoms with E-state index in [2.05, 4.69) is 24.1 Å². The van der Waals surface area contributed by atoms with Gasteiger partial charge < -0.3 is 10.1 Å². The van der Waals surface area contributed by atoms with E-state index in [0.717, 1.165) is 10.8 Å². The van der Waals surface area contributed by atoms with Crippen LogP contribution >= 0.6 is 0 Å². The average Bonchev–Trinajstić information content (AvgIpc) is 2.98. The number of hydrogen-bond donors (Lipinski definition) is 1. The molecule has 27 heavy (non-hydrogen) atoms. The third kappa shape index (κ3) is 4.59. The summed E-state index contributed by atoms with van der Waals surface area (Å²) in [6.07, 6.45) is -0.0472. The van der Waals surface area contributed by atoms with E-state index in [1.54, 1.807) is 6.07 Å². The van der Waals surface area contributed by atoms with Crippen LogP contribution in [0.25, 0.3) is 0 Å². The minimum Gasteiger partial charge on any atom is -0.366 e. The van der Waals surface area contributed by atoms with Crippen molar-refractivity contribution in [3.8, 4) is 0 Å². The van der Waals surface area contributed by atoms with Gasteiger partial charge in [0.2, 0.25) is 10.0 Å². The van der Waals surface area contributed by atoms with Gasteiger partial charge in [-0.15, -0.1) is 0 Å². The second kappa shape index (κ2) is 8.12. The summed E-state index contributed by atoms with van der Waals surface area (Å²) in [6, 6.07) is 4.70. The SMILES string of the molecule is CC(C)N1CCOC(C(=O)NCc2ccc(N3CCCS3(=O)=O)c(F)c2)C1. The van der Waals surface area contributed by atoms with Crippen molar-refractivity contribution < 1.29 is 22.3 Å². The first kappa shape index (κ1) is 20.0. The standard InChI is InChI=1S/C18H26FN3O4S/c1-13(2)21-7-8-26-17(12-21)18(23)20-11-14-4-5-16(15(19)10-14)22-6-3-9-27(22,24)25/h4-5,10,13,17H,3,6-9,11-12H2,1-2H3,(H,20,23). The van der Waals surface area contributed by atoms with Crippen LogP contribution in [0.4, 0.5) is 10.1 Å². The van der Waals surface area contributed by atoms with E-state index in [9.17, 15) is 17.6 Å². The lowest BCUT2D eigenvalue weighted by Gasteiger charge is -2.34. The van der Waals surface area contributed by atoms with E-state index in [1.165, 1.54) is 12.1 Å². The third-order valence-corrected chi connectivity index (χ3v) is 6.82. The number of ether oxygens (including phenoxy) is 1. The summed E-state index contributed by atoms with van der Waals surface area (Å²) in [5, 5.41) is 2.77. The summed E-state index contributed by atoms with van der Waals surface area (Å²) in [4.78, 5) is 14.5. The van der Waals surface area contributed by atoms with Gasteiger partial charge in [-0.2, -0.15) is 0 Å². The number of rotatable bonds is 5. The van der Waals surface area contributed by atoms with Crippen molar-refractivity contribution >= 4 is 21.6 Å². The molecule has 0 saturated carbocycles. The fourth-order valence-corrected chi connectivity index (χ4v) is 4.94. The van der Waals surface area contributed by atoms with Crippen molar-refractivity contribution in [3.63, 3.8) is 0 Å². The molecule has 2 aliphatic heterocycles. The highest BCUT2D eigenvalue weighted by molar-refractivity contribution is 7.93. The number of nitrogens with one attached hydrogen (secondary N) is 1. The molecular weight excluding hydrogens is 373 g/mol. The molecule has 9 heteroatoms. The second-order valence-corrected chi connectivity index (χ2v) is 9.21. The van der Waals surface area contributed by atoms with E-state index < -0.39 is 21.9 Å². The molecular formula is C18H26FN3O4S. The minimum absolute atomic E-state index is 0.0407. The molecule has 0 aliphatic carbocycles. The summed E-state index contributed by atoms with van der Waals surface area (Å²) in [6.45, 7) is 6.43. The van der Waals surface area contributed by atoms with Gasteiger partial charge in [0.1, 0.15) is 11.9 Å². The van der Waals surface area contributed by atoms with Crippen LogP contribution in [0.1, 0.15) is 25.8 Å². The van der Waals surface area contributed by atoms with E-state index in [-0.39, 0.29) is 23.9 Å². The highest BCUT2D eigenvalue weighted by Crippen LogP contribution is 2.27. The van der Waals surface area contributed by atoms with Crippen molar-refractivity contribution in [3.05, 3.63) is 29.6 Å². The Labute approximate surface area is 159 Å². The molecule has 3 rings (SSSR count). The first-order valence-electron chi connectivity index (χ1n) is 9.20. The largest absolute Gasteiger partial charge is 0.366 e. The number of nitrogens with zero attached hydrogens (tertiary/aromatic N) is 2. The van der Waals surface area contributed by atoms with Gasteiger partial charge in [0, 0.05) is 32.2 Å². The molecule has 1 aromatic carbocycles. The Morgan fingerprint density at radius 1 is 1.37 bits per heavy atom. The van der Waals surface area contributed by atoms with Gasteiger partial charge in [-0.25, -0.2) is 12.8 Å². The molecule has 1 atom stereocenters. The van der Waals surface area contributed by atoms with Crippen LogP contribution in [0.5, 0.6) is 0 Å². The van der Waals surface area contributed by atoms with Gasteiger partial charge in [0.05, 0.1) is 18.0 Å². The lowest BCUT2D eigenvalue weighted by Crippen LogP contribution is -2.51. The number of amides is 1. The van der Waals surface area contributed by atoms with Crippen LogP contribution in [0.3, 0.4) is 0 Å². The Bertz CT molecular complexity index is 800. The van der Waals surface area contributed by atoms with Crippen molar-refractivity contribution in [2.75, 3.05) is 36.3 Å². The lowest BCUT2D eigenvalue weighted by atomic mass is 10.1. The molecule has 2 aliphatic rings. The number of carbonyl (C=O) groups excluding carboxylic acids is 1. The molecule has 150 valence electrons. The summed E-state index contributed by atoms with van der Waals surface area (Å²) in [7, 11) is -3.43. The fraction of sp³-hybridized carbons (Fsp3) is 0.611. The van der Waals surface area contributed by atoms with E-state index >= 15 is 0 Å². The van der Waals surface area contributed by atoms with Crippen molar-refractivity contribution in [2.45, 2.75) is 39.0 Å². The Balaban J connectivity index is 1.60. The zero-order valence-electron chi connectivity index (χ0n) is 15.7. The fourth-order valence-electron chi connectivity index (χ4n) is 3.37. The van der Waals surface area contributed by atoms with Crippen molar-refractivity contribution in [1.29, 1.82) is 0 Å². The van der Waals surface area contributed by atoms with Crippen LogP contribution in [0.15, 0.2) is 18.2 Å². The van der Waals surface area contributed by atoms with Gasteiger partial charge in [0.15, 0.2) is 0 Å². The lowest BCUT2D eigenvalue weighted by molar-refractivity contribution is -0.139. The van der Waals surface area contributed by atoms with Gasteiger partial charge in [-0.1, -0.05) is 6.07 Å². The topological polar surface area (TPSA) is 79.0 Å². The van der Waals surface area contributed by atoms with Gasteiger partial charge in [-0.05, 0) is 38.0 Å². The Morgan fingerprint density at radius 3 is 2.78 bits per heavy atom. The highest BCUT2D eigenvalue weighted by Gasteiger charge is 2.30. The minimum atomic E-state index is -3.43. The predicted octanol–water partition coefficient (Wildman–Crippen LogP) is 1.09. The number of sulfonamides is 1. The zero-order chi connectivity index (χ0) is 19.6. The van der Waals surface area contributed by atoms with E-state index in [4.69, 9.17) is 4.74 Å². The molecule has 2 heterocycles. The van der Waals surface area contributed by atoms with Gasteiger partial charge in [-0.3, -0.25) is 14.0 Å². The summed E-state index contributed by atoms with van der Waals surface area (Å²) in [5.74, 6) is -0.793. The van der Waals surface area contributed by atoms with E-state index in [0.29, 0.717) is 37.7 Å². The maximum absolute atomic E-state index is 14.4. The number of halogens is 1. The predicted molar refractivity (Wildman–Crippen MR) is 100 cm³/mol. The van der Waals surface area contributed by atoms with Gasteiger partial charge in [0.25, 0.3) is 5.91 Å². The average molecular weight is 399 g/mol. The molecule has 7 nitrogen and oxygen atoms in total. The molecule has 1 amide bonds. The van der Waals surface area contributed by atoms with Crippen molar-refractivity contribution in [1.82, 2.24) is 10.2 Å². The van der Waals surface area contributed by atoms with Crippen LogP contribution in [-0.4, -0.2) is 63.4 Å². The quantitative estimate of drug-likeness (QED) is 0.802. The molecule has 0 radical (unpaired) electrons. The molecule has 0 bridgehead atoms. The molecule has 0 aromatic heterocycles. The maximum atomic E-state index is 14.4.